The Morgan fingerprint density at radius 2 is 1.39 bits per heavy atom. The molecule has 4 nitrogen and oxygen atoms in total. The highest BCUT2D eigenvalue weighted by Gasteiger charge is 2.31. The average molecular weight is 632 g/mol. The Labute approximate surface area is 269 Å². The number of aryl methyl sites for hydroxylation is 2. The number of halogens is 4. The summed E-state index contributed by atoms with van der Waals surface area (Å²) in [5, 5.41) is 0. The molecule has 3 aromatic carbocycles. The first kappa shape index (κ1) is 33.2. The second kappa shape index (κ2) is 13.3. The Balaban J connectivity index is 1.46. The smallest absolute Gasteiger partial charge is 0.371 e. The summed E-state index contributed by atoms with van der Waals surface area (Å²) in [5.74, 6) is -0.802. The third kappa shape index (κ3) is 7.43. The summed E-state index contributed by atoms with van der Waals surface area (Å²) in [5.41, 5.74) is 7.93. The van der Waals surface area contributed by atoms with E-state index in [1.165, 1.54) is 35.5 Å². The van der Waals surface area contributed by atoms with E-state index < -0.39 is 17.6 Å². The Morgan fingerprint density at radius 3 is 1.91 bits per heavy atom. The van der Waals surface area contributed by atoms with Crippen LogP contribution in [0.4, 0.5) is 23.2 Å². The number of rotatable bonds is 8. The summed E-state index contributed by atoms with van der Waals surface area (Å²) in [4.78, 5) is 22.7. The molecule has 0 aliphatic carbocycles. The molecule has 0 atom stereocenters. The van der Waals surface area contributed by atoms with E-state index in [4.69, 9.17) is 4.98 Å². The van der Waals surface area contributed by atoms with Gasteiger partial charge in [-0.15, -0.1) is 0 Å². The zero-order chi connectivity index (χ0) is 33.2. The van der Waals surface area contributed by atoms with E-state index in [1.807, 2.05) is 12.1 Å². The second-order valence-electron chi connectivity index (χ2n) is 13.0. The van der Waals surface area contributed by atoms with E-state index >= 15 is 0 Å². The summed E-state index contributed by atoms with van der Waals surface area (Å²) >= 11 is 0. The number of aromatic nitrogens is 1. The van der Waals surface area contributed by atoms with Crippen LogP contribution in [0.25, 0.3) is 11.1 Å². The van der Waals surface area contributed by atoms with Gasteiger partial charge in [-0.05, 0) is 97.2 Å². The molecule has 46 heavy (non-hydrogen) atoms. The molecule has 5 rings (SSSR count). The lowest BCUT2D eigenvalue weighted by molar-refractivity contribution is -0.137. The van der Waals surface area contributed by atoms with Crippen LogP contribution in [0.5, 0.6) is 0 Å². The van der Waals surface area contributed by atoms with Gasteiger partial charge in [0.1, 0.15) is 5.82 Å². The minimum atomic E-state index is -4.50. The first-order valence-corrected chi connectivity index (χ1v) is 15.8. The lowest BCUT2D eigenvalue weighted by Gasteiger charge is -2.40. The van der Waals surface area contributed by atoms with E-state index in [2.05, 4.69) is 51.7 Å². The molecule has 0 spiro atoms. The summed E-state index contributed by atoms with van der Waals surface area (Å²) in [7, 11) is 0. The van der Waals surface area contributed by atoms with Gasteiger partial charge in [-0.3, -0.25) is 9.78 Å². The van der Waals surface area contributed by atoms with Crippen LogP contribution in [-0.2, 0) is 25.7 Å². The predicted molar refractivity (Wildman–Crippen MR) is 175 cm³/mol. The monoisotopic (exact) mass is 631 g/mol. The fraction of sp³-hybridized carbons (Fsp3) is 0.368. The number of hydrogen-bond donors (Lipinski definition) is 0. The summed E-state index contributed by atoms with van der Waals surface area (Å²) in [6, 6.07) is 18.2. The van der Waals surface area contributed by atoms with Crippen molar-refractivity contribution in [3.8, 4) is 11.1 Å². The lowest BCUT2D eigenvalue weighted by Crippen LogP contribution is -2.38. The Kier molecular flexibility index (Phi) is 9.57. The van der Waals surface area contributed by atoms with Crippen molar-refractivity contribution in [1.29, 1.82) is 0 Å². The number of nitrogens with zero attached hydrogens (tertiary/aromatic N) is 3. The average Bonchev–Trinajstić information content (AvgIpc) is 3.01. The number of carbonyl (C=O) groups excluding carboxylic acids is 1. The molecule has 8 heteroatoms. The highest BCUT2D eigenvalue weighted by atomic mass is 19.4. The van der Waals surface area contributed by atoms with Crippen LogP contribution in [0, 0.1) is 25.1 Å². The molecule has 242 valence electrons. The molecular formula is C38H41F4N3O. The van der Waals surface area contributed by atoms with Gasteiger partial charge in [-0.1, -0.05) is 57.2 Å². The maximum atomic E-state index is 13.6. The molecule has 0 bridgehead atoms. The van der Waals surface area contributed by atoms with Crippen LogP contribution < -0.4 is 4.90 Å². The zero-order valence-corrected chi connectivity index (χ0v) is 27.1. The number of hydrogen-bond acceptors (Lipinski definition) is 3. The maximum Gasteiger partial charge on any atom is 0.416 e. The first-order chi connectivity index (χ1) is 21.8. The Bertz CT molecular complexity index is 1670. The van der Waals surface area contributed by atoms with Gasteiger partial charge in [-0.2, -0.15) is 13.2 Å². The normalized spacial score (nSPS) is 14.8. The zero-order valence-electron chi connectivity index (χ0n) is 27.1. The molecule has 1 amide bonds. The van der Waals surface area contributed by atoms with Crippen molar-refractivity contribution in [2.75, 3.05) is 18.0 Å². The molecule has 1 aromatic heterocycles. The maximum absolute atomic E-state index is 13.6. The fourth-order valence-corrected chi connectivity index (χ4v) is 6.31. The van der Waals surface area contributed by atoms with Gasteiger partial charge in [0.25, 0.3) is 5.91 Å². The molecule has 0 unspecified atom stereocenters. The minimum absolute atomic E-state index is 0.148. The molecule has 0 saturated carbocycles. The van der Waals surface area contributed by atoms with Crippen LogP contribution in [0.1, 0.15) is 77.6 Å². The standard InChI is InChI=1S/C38H41F4N3O/c1-6-33-25(2)43-26(3)34(35(33)44-21-19-37(4,5)20-22-44)29-11-7-27(8-12-29)23-45(24-28-9-17-32(39)18-10-28)36(46)30-13-15-31(16-14-30)38(40,41)42/h7-18H,6,19-24H2,1-5H3. The van der Waals surface area contributed by atoms with E-state index in [-0.39, 0.29) is 24.5 Å². The molecular weight excluding hydrogens is 590 g/mol. The van der Waals surface area contributed by atoms with Crippen molar-refractivity contribution < 1.29 is 22.4 Å². The molecule has 2 heterocycles. The minimum Gasteiger partial charge on any atom is -0.371 e. The third-order valence-corrected chi connectivity index (χ3v) is 9.09. The molecule has 1 aliphatic rings. The Hall–Kier alpha value is -4.20. The van der Waals surface area contributed by atoms with Crippen molar-refractivity contribution >= 4 is 11.6 Å². The van der Waals surface area contributed by atoms with Crippen molar-refractivity contribution in [3.05, 3.63) is 118 Å². The van der Waals surface area contributed by atoms with Gasteiger partial charge in [0.15, 0.2) is 0 Å². The topological polar surface area (TPSA) is 36.4 Å². The number of amides is 1. The lowest BCUT2D eigenvalue weighted by atomic mass is 9.82. The van der Waals surface area contributed by atoms with Gasteiger partial charge in [0, 0.05) is 48.7 Å². The van der Waals surface area contributed by atoms with Crippen molar-refractivity contribution in [2.24, 2.45) is 5.41 Å². The third-order valence-electron chi connectivity index (χ3n) is 9.09. The van der Waals surface area contributed by atoms with Crippen molar-refractivity contribution in [1.82, 2.24) is 9.88 Å². The number of carbonyl (C=O) groups is 1. The van der Waals surface area contributed by atoms with Crippen LogP contribution in [0.2, 0.25) is 0 Å². The van der Waals surface area contributed by atoms with Gasteiger partial charge in [0.2, 0.25) is 0 Å². The van der Waals surface area contributed by atoms with Crippen molar-refractivity contribution in [2.45, 2.75) is 73.1 Å². The number of anilines is 1. The summed E-state index contributed by atoms with van der Waals surface area (Å²) in [6.45, 7) is 13.3. The molecule has 1 saturated heterocycles. The van der Waals surface area contributed by atoms with Gasteiger partial charge in [-0.25, -0.2) is 4.39 Å². The molecule has 4 aromatic rings. The molecule has 1 aliphatic heterocycles. The van der Waals surface area contributed by atoms with Crippen LogP contribution in [-0.4, -0.2) is 28.9 Å². The second-order valence-corrected chi connectivity index (χ2v) is 13.0. The van der Waals surface area contributed by atoms with E-state index in [1.54, 1.807) is 17.0 Å². The van der Waals surface area contributed by atoms with Gasteiger partial charge in [0.05, 0.1) is 11.3 Å². The largest absolute Gasteiger partial charge is 0.416 e. The SMILES string of the molecule is CCc1c(C)nc(C)c(-c2ccc(CN(Cc3ccc(F)cc3)C(=O)c3ccc(C(F)(F)F)cc3)cc2)c1N1CCC(C)(C)CC1. The van der Waals surface area contributed by atoms with Gasteiger partial charge < -0.3 is 9.80 Å². The predicted octanol–water partition coefficient (Wildman–Crippen LogP) is 9.55. The molecule has 1 fully saturated rings. The van der Waals surface area contributed by atoms with Gasteiger partial charge >= 0.3 is 6.18 Å². The van der Waals surface area contributed by atoms with E-state index in [0.717, 1.165) is 72.6 Å². The molecule has 0 radical (unpaired) electrons. The number of piperidine rings is 1. The van der Waals surface area contributed by atoms with Crippen LogP contribution >= 0.6 is 0 Å². The summed E-state index contributed by atoms with van der Waals surface area (Å²) in [6.07, 6.45) is -1.38. The number of benzene rings is 3. The first-order valence-electron chi connectivity index (χ1n) is 15.8. The van der Waals surface area contributed by atoms with Crippen molar-refractivity contribution in [3.63, 3.8) is 0 Å². The number of alkyl halides is 3. The highest BCUT2D eigenvalue weighted by molar-refractivity contribution is 5.94. The van der Waals surface area contributed by atoms with E-state index in [9.17, 15) is 22.4 Å². The fourth-order valence-electron chi connectivity index (χ4n) is 6.31. The van der Waals surface area contributed by atoms with E-state index in [0.29, 0.717) is 11.0 Å². The number of pyridine rings is 1. The Morgan fingerprint density at radius 1 is 0.848 bits per heavy atom. The van der Waals surface area contributed by atoms with Crippen LogP contribution in [0.3, 0.4) is 0 Å². The highest BCUT2D eigenvalue weighted by Crippen LogP contribution is 2.41. The summed E-state index contributed by atoms with van der Waals surface area (Å²) < 4.78 is 53.1. The molecule has 0 N–H and O–H groups in total. The quantitative estimate of drug-likeness (QED) is 0.182. The van der Waals surface area contributed by atoms with Crippen LogP contribution in [0.15, 0.2) is 72.8 Å².